The Morgan fingerprint density at radius 2 is 0.867 bits per heavy atom. The smallest absolute Gasteiger partial charge is 0.335 e. The van der Waals surface area contributed by atoms with Gasteiger partial charge in [-0.2, -0.15) is 0 Å². The zero-order valence-corrected chi connectivity index (χ0v) is 15.7. The number of benzene rings is 3. The minimum atomic E-state index is -0.879. The third-order valence-electron chi connectivity index (χ3n) is 3.39. The molecule has 8 heteroatoms. The molecular weight excluding hydrogens is 388 g/mol. The largest absolute Gasteiger partial charge is 0.478 e. The average molecular weight is 408 g/mol. The van der Waals surface area contributed by atoms with Gasteiger partial charge >= 0.3 is 11.9 Å². The molecule has 0 bridgehead atoms. The maximum atomic E-state index is 10.2. The molecule has 8 nitrogen and oxygen atoms in total. The second-order valence-corrected chi connectivity index (χ2v) is 5.50. The number of carbonyl (C=O) groups is 2. The number of aromatic carboxylic acids is 2. The van der Waals surface area contributed by atoms with E-state index in [4.69, 9.17) is 20.6 Å². The Balaban J connectivity index is 0.000000229. The summed E-state index contributed by atoms with van der Waals surface area (Å²) in [7, 11) is 0. The van der Waals surface area contributed by atoms with Crippen LogP contribution < -0.4 is 0 Å². The summed E-state index contributed by atoms with van der Waals surface area (Å²) >= 11 is 0. The Morgan fingerprint density at radius 1 is 0.567 bits per heavy atom. The third-order valence-corrected chi connectivity index (χ3v) is 3.39. The highest BCUT2D eigenvalue weighted by molar-refractivity contribution is 5.87. The van der Waals surface area contributed by atoms with Crippen LogP contribution >= 0.6 is 0 Å². The zero-order valence-electron chi connectivity index (χ0n) is 15.7. The lowest BCUT2D eigenvalue weighted by atomic mass is 10.2. The van der Waals surface area contributed by atoms with Gasteiger partial charge in [0.25, 0.3) is 0 Å². The van der Waals surface area contributed by atoms with Gasteiger partial charge in [-0.1, -0.05) is 71.0 Å². The summed E-state index contributed by atoms with van der Waals surface area (Å²) in [4.78, 5) is 20.4. The van der Waals surface area contributed by atoms with Gasteiger partial charge in [-0.15, -0.1) is 0 Å². The number of nitrogens with zero attached hydrogens (tertiary/aromatic N) is 2. The highest BCUT2D eigenvalue weighted by atomic mass is 16.4. The normalized spacial score (nSPS) is 9.87. The molecule has 0 saturated carbocycles. The van der Waals surface area contributed by atoms with Gasteiger partial charge in [0.15, 0.2) is 0 Å². The van der Waals surface area contributed by atoms with E-state index in [2.05, 4.69) is 10.3 Å². The van der Waals surface area contributed by atoms with Gasteiger partial charge in [-0.3, -0.25) is 0 Å². The van der Waals surface area contributed by atoms with Crippen LogP contribution in [0.1, 0.15) is 31.8 Å². The molecule has 0 amide bonds. The molecule has 0 aromatic heterocycles. The van der Waals surface area contributed by atoms with E-state index in [1.54, 1.807) is 84.9 Å². The number of carboxylic acids is 2. The lowest BCUT2D eigenvalue weighted by molar-refractivity contribution is 0.0686. The van der Waals surface area contributed by atoms with Gasteiger partial charge in [-0.05, 0) is 35.4 Å². The van der Waals surface area contributed by atoms with Crippen molar-refractivity contribution in [1.29, 1.82) is 0 Å². The van der Waals surface area contributed by atoms with E-state index in [0.717, 1.165) is 11.1 Å². The van der Waals surface area contributed by atoms with Crippen LogP contribution in [0.5, 0.6) is 0 Å². The summed E-state index contributed by atoms with van der Waals surface area (Å²) in [6.45, 7) is 0. The molecule has 0 aliphatic rings. The van der Waals surface area contributed by atoms with E-state index in [0.29, 0.717) is 11.1 Å². The molecule has 3 aromatic carbocycles. The molecule has 0 spiro atoms. The van der Waals surface area contributed by atoms with E-state index in [-0.39, 0.29) is 0 Å². The maximum absolute atomic E-state index is 10.2. The summed E-state index contributed by atoms with van der Waals surface area (Å²) in [6.07, 6.45) is 2.64. The molecule has 154 valence electrons. The lowest BCUT2D eigenvalue weighted by Crippen LogP contribution is -1.93. The Kier molecular flexibility index (Phi) is 10.7. The molecule has 30 heavy (non-hydrogen) atoms. The average Bonchev–Trinajstić information content (AvgIpc) is 2.78. The molecule has 4 N–H and O–H groups in total. The van der Waals surface area contributed by atoms with Crippen LogP contribution in [0.25, 0.3) is 0 Å². The van der Waals surface area contributed by atoms with Gasteiger partial charge in [0, 0.05) is 0 Å². The fourth-order valence-corrected chi connectivity index (χ4v) is 1.96. The fourth-order valence-electron chi connectivity index (χ4n) is 1.96. The van der Waals surface area contributed by atoms with E-state index in [1.165, 1.54) is 12.4 Å². The van der Waals surface area contributed by atoms with E-state index in [9.17, 15) is 9.59 Å². The van der Waals surface area contributed by atoms with Crippen LogP contribution in [0.4, 0.5) is 0 Å². The van der Waals surface area contributed by atoms with Crippen molar-refractivity contribution in [3.63, 3.8) is 0 Å². The third kappa shape index (κ3) is 9.47. The molecule has 0 saturated heterocycles. The second-order valence-electron chi connectivity index (χ2n) is 5.50. The van der Waals surface area contributed by atoms with Crippen molar-refractivity contribution < 1.29 is 30.2 Å². The summed E-state index contributed by atoms with van der Waals surface area (Å²) in [6, 6.07) is 23.6. The zero-order chi connectivity index (χ0) is 22.2. The van der Waals surface area contributed by atoms with Gasteiger partial charge in [0.05, 0.1) is 23.6 Å². The topological polar surface area (TPSA) is 140 Å². The predicted molar refractivity (Wildman–Crippen MR) is 112 cm³/mol. The van der Waals surface area contributed by atoms with Crippen molar-refractivity contribution in [3.05, 3.63) is 107 Å². The Labute approximate surface area is 172 Å². The molecule has 0 fully saturated rings. The lowest BCUT2D eigenvalue weighted by Gasteiger charge is -1.92. The Hall–Kier alpha value is -4.46. The van der Waals surface area contributed by atoms with Crippen molar-refractivity contribution in [2.45, 2.75) is 0 Å². The predicted octanol–water partition coefficient (Wildman–Crippen LogP) is 4.07. The molecule has 0 aliphatic carbocycles. The summed E-state index contributed by atoms with van der Waals surface area (Å²) in [5.74, 6) is -1.76. The van der Waals surface area contributed by atoms with Crippen molar-refractivity contribution in [2.75, 3.05) is 0 Å². The first-order chi connectivity index (χ1) is 14.5. The Bertz CT molecular complexity index is 875. The quantitative estimate of drug-likeness (QED) is 0.291. The van der Waals surface area contributed by atoms with Crippen LogP contribution in [0.3, 0.4) is 0 Å². The minimum Gasteiger partial charge on any atom is -0.478 e. The van der Waals surface area contributed by atoms with Gasteiger partial charge < -0.3 is 20.6 Å². The van der Waals surface area contributed by atoms with Gasteiger partial charge in [0.1, 0.15) is 0 Å². The van der Waals surface area contributed by atoms with Crippen LogP contribution in [0.2, 0.25) is 0 Å². The monoisotopic (exact) mass is 408 g/mol. The van der Waals surface area contributed by atoms with Crippen molar-refractivity contribution in [2.24, 2.45) is 10.3 Å². The highest BCUT2D eigenvalue weighted by Gasteiger charge is 1.97. The number of hydrogen-bond acceptors (Lipinski definition) is 6. The summed E-state index contributed by atoms with van der Waals surface area (Å²) in [5.41, 5.74) is 2.23. The van der Waals surface area contributed by atoms with Gasteiger partial charge in [0.2, 0.25) is 0 Å². The van der Waals surface area contributed by atoms with Crippen LogP contribution in [-0.4, -0.2) is 45.0 Å². The van der Waals surface area contributed by atoms with Crippen LogP contribution in [0, 0.1) is 0 Å². The summed E-state index contributed by atoms with van der Waals surface area (Å²) < 4.78 is 0. The Morgan fingerprint density at radius 3 is 1.07 bits per heavy atom. The van der Waals surface area contributed by atoms with Gasteiger partial charge in [-0.25, -0.2) is 9.59 Å². The highest BCUT2D eigenvalue weighted by Crippen LogP contribution is 2.00. The second kappa shape index (κ2) is 13.7. The minimum absolute atomic E-state index is 0.331. The molecule has 3 rings (SSSR count). The number of hydrogen-bond donors (Lipinski definition) is 4. The summed E-state index contributed by atoms with van der Waals surface area (Å²) in [5, 5.41) is 38.9. The molecule has 0 heterocycles. The molecular formula is C22H20N2O6. The van der Waals surface area contributed by atoms with Crippen molar-refractivity contribution >= 4 is 24.4 Å². The van der Waals surface area contributed by atoms with E-state index in [1.807, 2.05) is 0 Å². The van der Waals surface area contributed by atoms with Crippen LogP contribution in [0.15, 0.2) is 95.2 Å². The standard InChI is InChI=1S/C8H8N2O2.2C7H6O2/c11-9-5-7-1-2-8(4-3-7)6-10-12;2*8-7(9)6-4-2-1-3-5-6/h1-6,11-12H;2*1-5H,(H,8,9). The maximum Gasteiger partial charge on any atom is 0.335 e. The molecule has 0 unspecified atom stereocenters. The van der Waals surface area contributed by atoms with Crippen molar-refractivity contribution in [1.82, 2.24) is 0 Å². The first-order valence-electron chi connectivity index (χ1n) is 8.49. The van der Waals surface area contributed by atoms with E-state index >= 15 is 0 Å². The first-order valence-corrected chi connectivity index (χ1v) is 8.49. The molecule has 0 atom stereocenters. The number of carboxylic acid groups (broad SMARTS) is 2. The van der Waals surface area contributed by atoms with Crippen LogP contribution in [-0.2, 0) is 0 Å². The van der Waals surface area contributed by atoms with E-state index < -0.39 is 11.9 Å². The van der Waals surface area contributed by atoms with Crippen molar-refractivity contribution in [3.8, 4) is 0 Å². The number of oxime groups is 2. The fraction of sp³-hybridized carbons (Fsp3) is 0. The SMILES string of the molecule is O=C(O)c1ccccc1.O=C(O)c1ccccc1.ON=Cc1ccc(C=NO)cc1. The molecule has 3 aromatic rings. The molecule has 0 radical (unpaired) electrons. The first kappa shape index (κ1) is 23.6. The number of rotatable bonds is 4. The molecule has 0 aliphatic heterocycles.